The van der Waals surface area contributed by atoms with E-state index in [1.54, 1.807) is 6.92 Å². The van der Waals surface area contributed by atoms with Crippen molar-refractivity contribution in [2.75, 3.05) is 0 Å². The molecule has 1 aromatic carbocycles. The largest absolute Gasteiger partial charge is 0.475 e. The number of para-hydroxylation sites is 1. The third-order valence-electron chi connectivity index (χ3n) is 3.10. The zero-order valence-electron chi connectivity index (χ0n) is 10.5. The lowest BCUT2D eigenvalue weighted by Gasteiger charge is -1.94. The van der Waals surface area contributed by atoms with Crippen molar-refractivity contribution in [2.45, 2.75) is 13.8 Å². The quantitative estimate of drug-likeness (QED) is 0.738. The van der Waals surface area contributed by atoms with Gasteiger partial charge in [-0.05, 0) is 19.9 Å². The summed E-state index contributed by atoms with van der Waals surface area (Å²) in [7, 11) is 0. The number of aromatic carboxylic acids is 1. The molecule has 2 N–H and O–H groups in total. The molecule has 3 aromatic rings. The van der Waals surface area contributed by atoms with Crippen LogP contribution in [-0.2, 0) is 0 Å². The minimum Gasteiger partial charge on any atom is -0.475 e. The standard InChI is InChI=1S/C14H12N2O3/c1-7-11(9-5-3-4-6-10(9)15-7)13-16-8(2)12(19-13)14(17)18/h3-6,15H,1-2H3,(H,17,18). The highest BCUT2D eigenvalue weighted by atomic mass is 16.4. The summed E-state index contributed by atoms with van der Waals surface area (Å²) in [5, 5.41) is 9.99. The summed E-state index contributed by atoms with van der Waals surface area (Å²) in [4.78, 5) is 18.5. The van der Waals surface area contributed by atoms with Crippen molar-refractivity contribution in [2.24, 2.45) is 0 Å². The molecule has 96 valence electrons. The van der Waals surface area contributed by atoms with Crippen LogP contribution in [0, 0.1) is 13.8 Å². The van der Waals surface area contributed by atoms with Crippen molar-refractivity contribution in [3.05, 3.63) is 41.4 Å². The summed E-state index contributed by atoms with van der Waals surface area (Å²) >= 11 is 0. The Kier molecular flexibility index (Phi) is 2.41. The second-order valence-electron chi connectivity index (χ2n) is 4.41. The molecule has 0 spiro atoms. The maximum Gasteiger partial charge on any atom is 0.373 e. The summed E-state index contributed by atoms with van der Waals surface area (Å²) in [5.41, 5.74) is 3.07. The third-order valence-corrected chi connectivity index (χ3v) is 3.10. The molecule has 19 heavy (non-hydrogen) atoms. The lowest BCUT2D eigenvalue weighted by molar-refractivity contribution is 0.0662. The van der Waals surface area contributed by atoms with Crippen molar-refractivity contribution in [1.29, 1.82) is 0 Å². The highest BCUT2D eigenvalue weighted by Gasteiger charge is 2.20. The number of oxazole rings is 1. The first kappa shape index (κ1) is 11.5. The van der Waals surface area contributed by atoms with Crippen LogP contribution in [0.1, 0.15) is 21.9 Å². The van der Waals surface area contributed by atoms with Crippen LogP contribution in [-0.4, -0.2) is 21.0 Å². The van der Waals surface area contributed by atoms with Crippen molar-refractivity contribution >= 4 is 16.9 Å². The van der Waals surface area contributed by atoms with Gasteiger partial charge in [0.1, 0.15) is 0 Å². The van der Waals surface area contributed by atoms with E-state index in [-0.39, 0.29) is 5.76 Å². The van der Waals surface area contributed by atoms with Gasteiger partial charge in [-0.2, -0.15) is 0 Å². The summed E-state index contributed by atoms with van der Waals surface area (Å²) in [6.45, 7) is 3.54. The summed E-state index contributed by atoms with van der Waals surface area (Å²) in [6, 6.07) is 7.77. The monoisotopic (exact) mass is 256 g/mol. The average Bonchev–Trinajstić information content (AvgIpc) is 2.88. The molecule has 0 saturated carbocycles. The van der Waals surface area contributed by atoms with Crippen LogP contribution in [0.3, 0.4) is 0 Å². The predicted octanol–water partition coefficient (Wildman–Crippen LogP) is 3.14. The molecule has 0 unspecified atom stereocenters. The molecule has 3 rings (SSSR count). The molecule has 0 aliphatic carbocycles. The lowest BCUT2D eigenvalue weighted by Crippen LogP contribution is -1.95. The fraction of sp³-hybridized carbons (Fsp3) is 0.143. The van der Waals surface area contributed by atoms with Crippen molar-refractivity contribution in [3.8, 4) is 11.5 Å². The number of nitrogens with zero attached hydrogens (tertiary/aromatic N) is 1. The molecule has 0 fully saturated rings. The van der Waals surface area contributed by atoms with Crippen LogP contribution in [0.25, 0.3) is 22.4 Å². The number of hydrogen-bond acceptors (Lipinski definition) is 3. The van der Waals surface area contributed by atoms with E-state index in [1.807, 2.05) is 31.2 Å². The van der Waals surface area contributed by atoms with Crippen molar-refractivity contribution < 1.29 is 14.3 Å². The number of benzene rings is 1. The number of carboxylic acid groups (broad SMARTS) is 1. The first-order valence-corrected chi connectivity index (χ1v) is 5.86. The van der Waals surface area contributed by atoms with Gasteiger partial charge < -0.3 is 14.5 Å². The van der Waals surface area contributed by atoms with Gasteiger partial charge in [-0.1, -0.05) is 18.2 Å². The van der Waals surface area contributed by atoms with E-state index in [9.17, 15) is 4.79 Å². The fourth-order valence-electron chi connectivity index (χ4n) is 2.25. The summed E-state index contributed by atoms with van der Waals surface area (Å²) < 4.78 is 5.38. The summed E-state index contributed by atoms with van der Waals surface area (Å²) in [6.07, 6.45) is 0. The van der Waals surface area contributed by atoms with Gasteiger partial charge in [0.2, 0.25) is 11.7 Å². The number of H-pyrrole nitrogens is 1. The maximum atomic E-state index is 11.0. The number of carboxylic acids is 1. The van der Waals surface area contributed by atoms with E-state index in [0.29, 0.717) is 11.6 Å². The first-order chi connectivity index (χ1) is 9.08. The molecule has 2 heterocycles. The van der Waals surface area contributed by atoms with Gasteiger partial charge in [-0.3, -0.25) is 0 Å². The predicted molar refractivity (Wildman–Crippen MR) is 70.2 cm³/mol. The minimum absolute atomic E-state index is 0.111. The Bertz CT molecular complexity index is 783. The molecule has 0 saturated heterocycles. The molecule has 0 atom stereocenters. The number of rotatable bonds is 2. The number of aryl methyl sites for hydroxylation is 2. The van der Waals surface area contributed by atoms with Crippen molar-refractivity contribution in [1.82, 2.24) is 9.97 Å². The van der Waals surface area contributed by atoms with E-state index in [0.717, 1.165) is 22.2 Å². The van der Waals surface area contributed by atoms with Crippen LogP contribution in [0.2, 0.25) is 0 Å². The zero-order chi connectivity index (χ0) is 13.6. The topological polar surface area (TPSA) is 79.1 Å². The van der Waals surface area contributed by atoms with Crippen LogP contribution in [0.5, 0.6) is 0 Å². The lowest BCUT2D eigenvalue weighted by atomic mass is 10.1. The van der Waals surface area contributed by atoms with Gasteiger partial charge in [0, 0.05) is 16.6 Å². The van der Waals surface area contributed by atoms with Crippen LogP contribution in [0.4, 0.5) is 0 Å². The van der Waals surface area contributed by atoms with Crippen LogP contribution < -0.4 is 0 Å². The van der Waals surface area contributed by atoms with Gasteiger partial charge in [0.05, 0.1) is 11.3 Å². The number of aromatic amines is 1. The normalized spacial score (nSPS) is 11.1. The van der Waals surface area contributed by atoms with E-state index in [4.69, 9.17) is 9.52 Å². The SMILES string of the molecule is Cc1nc(-c2c(C)[nH]c3ccccc23)oc1C(=O)O. The van der Waals surface area contributed by atoms with E-state index in [2.05, 4.69) is 9.97 Å². The molecular weight excluding hydrogens is 244 g/mol. The van der Waals surface area contributed by atoms with Gasteiger partial charge in [-0.25, -0.2) is 9.78 Å². The minimum atomic E-state index is -1.10. The summed E-state index contributed by atoms with van der Waals surface area (Å²) in [5.74, 6) is -0.877. The molecule has 2 aromatic heterocycles. The van der Waals surface area contributed by atoms with Gasteiger partial charge in [0.15, 0.2) is 0 Å². The third kappa shape index (κ3) is 1.71. The first-order valence-electron chi connectivity index (χ1n) is 5.86. The Morgan fingerprint density at radius 1 is 1.32 bits per heavy atom. The number of fused-ring (bicyclic) bond motifs is 1. The molecule has 0 amide bonds. The number of carbonyl (C=O) groups is 1. The Morgan fingerprint density at radius 2 is 2.05 bits per heavy atom. The highest BCUT2D eigenvalue weighted by Crippen LogP contribution is 2.32. The Hall–Kier alpha value is -2.56. The molecule has 0 bridgehead atoms. The fourth-order valence-corrected chi connectivity index (χ4v) is 2.25. The molecule has 0 radical (unpaired) electrons. The molecule has 0 aliphatic heterocycles. The van der Waals surface area contributed by atoms with E-state index in [1.165, 1.54) is 0 Å². The van der Waals surface area contributed by atoms with Gasteiger partial charge in [-0.15, -0.1) is 0 Å². The Labute approximate surface area is 108 Å². The second kappa shape index (κ2) is 3.98. The molecule has 5 nitrogen and oxygen atoms in total. The smallest absolute Gasteiger partial charge is 0.373 e. The van der Waals surface area contributed by atoms with Crippen LogP contribution >= 0.6 is 0 Å². The highest BCUT2D eigenvalue weighted by molar-refractivity contribution is 5.96. The molecule has 0 aliphatic rings. The van der Waals surface area contributed by atoms with E-state index >= 15 is 0 Å². The number of hydrogen-bond donors (Lipinski definition) is 2. The van der Waals surface area contributed by atoms with E-state index < -0.39 is 5.97 Å². The van der Waals surface area contributed by atoms with Crippen molar-refractivity contribution in [3.63, 3.8) is 0 Å². The number of nitrogens with one attached hydrogen (secondary N) is 1. The average molecular weight is 256 g/mol. The Morgan fingerprint density at radius 3 is 2.74 bits per heavy atom. The Balaban J connectivity index is 2.27. The molecule has 5 heteroatoms. The van der Waals surface area contributed by atoms with Crippen LogP contribution in [0.15, 0.2) is 28.7 Å². The molecular formula is C14H12N2O3. The zero-order valence-corrected chi connectivity index (χ0v) is 10.5. The van der Waals surface area contributed by atoms with Gasteiger partial charge in [0.25, 0.3) is 0 Å². The maximum absolute atomic E-state index is 11.0. The van der Waals surface area contributed by atoms with Gasteiger partial charge >= 0.3 is 5.97 Å². The number of aromatic nitrogens is 2. The second-order valence-corrected chi connectivity index (χ2v) is 4.41.